The lowest BCUT2D eigenvalue weighted by atomic mass is 10.3. The predicted octanol–water partition coefficient (Wildman–Crippen LogP) is 2.78. The van der Waals surface area contributed by atoms with Gasteiger partial charge in [-0.15, -0.1) is 0 Å². The summed E-state index contributed by atoms with van der Waals surface area (Å²) < 4.78 is 0. The van der Waals surface area contributed by atoms with E-state index in [2.05, 4.69) is 0 Å². The van der Waals surface area contributed by atoms with E-state index in [0.29, 0.717) is 5.08 Å². The molecule has 0 aromatic heterocycles. The first-order valence-electron chi connectivity index (χ1n) is 4.28. The molecule has 0 N–H and O–H groups in total. The van der Waals surface area contributed by atoms with Crippen LogP contribution in [0.3, 0.4) is 0 Å². The van der Waals surface area contributed by atoms with Crippen molar-refractivity contribution in [1.82, 2.24) is 0 Å². The third-order valence-electron chi connectivity index (χ3n) is 1.35. The van der Waals surface area contributed by atoms with Crippen molar-refractivity contribution in [2.24, 2.45) is 11.8 Å². The van der Waals surface area contributed by atoms with Gasteiger partial charge in [0.2, 0.25) is 0 Å². The molecule has 0 bridgehead atoms. The summed E-state index contributed by atoms with van der Waals surface area (Å²) in [6, 6.07) is 0. The molecule has 76 valence electrons. The van der Waals surface area contributed by atoms with Gasteiger partial charge in [0.05, 0.1) is 5.08 Å². The predicted molar refractivity (Wildman–Crippen MR) is 59.7 cm³/mol. The van der Waals surface area contributed by atoms with Gasteiger partial charge in [-0.05, 0) is 0 Å². The molecular formula is C9H16O2S2. The van der Waals surface area contributed by atoms with E-state index in [1.165, 1.54) is 23.5 Å². The zero-order valence-corrected chi connectivity index (χ0v) is 10.1. The fraction of sp³-hybridized carbons (Fsp3) is 0.778. The summed E-state index contributed by atoms with van der Waals surface area (Å²) in [7, 11) is 0. The molecule has 4 heteroatoms. The van der Waals surface area contributed by atoms with Crippen molar-refractivity contribution in [1.29, 1.82) is 0 Å². The van der Waals surface area contributed by atoms with E-state index in [9.17, 15) is 9.59 Å². The molecule has 0 saturated carbocycles. The van der Waals surface area contributed by atoms with Crippen LogP contribution in [0.15, 0.2) is 0 Å². The molecule has 13 heavy (non-hydrogen) atoms. The molecule has 0 aliphatic carbocycles. The van der Waals surface area contributed by atoms with Gasteiger partial charge in [-0.1, -0.05) is 51.2 Å². The highest BCUT2D eigenvalue weighted by molar-refractivity contribution is 8.28. The van der Waals surface area contributed by atoms with Gasteiger partial charge in [0, 0.05) is 11.8 Å². The summed E-state index contributed by atoms with van der Waals surface area (Å²) in [5, 5.41) is 0.863. The SMILES string of the molecule is CC(C)C(=O)SCSC(=O)C(C)C. The molecule has 0 aliphatic heterocycles. The van der Waals surface area contributed by atoms with Gasteiger partial charge in [0.1, 0.15) is 0 Å². The fourth-order valence-corrected chi connectivity index (χ4v) is 2.31. The third kappa shape index (κ3) is 6.16. The highest BCUT2D eigenvalue weighted by Gasteiger charge is 2.11. The molecule has 0 rings (SSSR count). The molecule has 0 radical (unpaired) electrons. The first kappa shape index (κ1) is 13.0. The van der Waals surface area contributed by atoms with Gasteiger partial charge in [-0.2, -0.15) is 0 Å². The summed E-state index contributed by atoms with van der Waals surface area (Å²) in [6.07, 6.45) is 0. The quantitative estimate of drug-likeness (QED) is 0.682. The summed E-state index contributed by atoms with van der Waals surface area (Å²) in [6.45, 7) is 7.46. The van der Waals surface area contributed by atoms with Gasteiger partial charge < -0.3 is 0 Å². The standard InChI is InChI=1S/C9H16O2S2/c1-6(2)8(10)12-5-13-9(11)7(3)4/h6-7H,5H2,1-4H3. The molecule has 0 aromatic rings. The first-order valence-corrected chi connectivity index (χ1v) is 6.25. The smallest absolute Gasteiger partial charge is 0.192 e. The topological polar surface area (TPSA) is 34.1 Å². The summed E-state index contributed by atoms with van der Waals surface area (Å²) in [4.78, 5) is 22.3. The van der Waals surface area contributed by atoms with Crippen LogP contribution in [0.5, 0.6) is 0 Å². The minimum Gasteiger partial charge on any atom is -0.287 e. The minimum absolute atomic E-state index is 0.0553. The molecule has 0 fully saturated rings. The average Bonchev–Trinajstić information content (AvgIpc) is 2.03. The highest BCUT2D eigenvalue weighted by atomic mass is 32.2. The highest BCUT2D eigenvalue weighted by Crippen LogP contribution is 2.19. The number of hydrogen-bond acceptors (Lipinski definition) is 4. The maximum Gasteiger partial charge on any atom is 0.192 e. The van der Waals surface area contributed by atoms with E-state index in [1.807, 2.05) is 27.7 Å². The largest absolute Gasteiger partial charge is 0.287 e. The molecule has 0 aromatic carbocycles. The van der Waals surface area contributed by atoms with Crippen LogP contribution in [0.4, 0.5) is 0 Å². The Kier molecular flexibility index (Phi) is 6.51. The molecule has 2 nitrogen and oxygen atoms in total. The third-order valence-corrected chi connectivity index (χ3v) is 3.80. The number of thioether (sulfide) groups is 2. The second-order valence-corrected chi connectivity index (χ2v) is 5.68. The zero-order chi connectivity index (χ0) is 10.4. The van der Waals surface area contributed by atoms with Crippen LogP contribution < -0.4 is 0 Å². The van der Waals surface area contributed by atoms with E-state index in [0.717, 1.165) is 0 Å². The van der Waals surface area contributed by atoms with E-state index >= 15 is 0 Å². The van der Waals surface area contributed by atoms with E-state index in [1.54, 1.807) is 0 Å². The Morgan fingerprint density at radius 2 is 1.23 bits per heavy atom. The van der Waals surface area contributed by atoms with Crippen LogP contribution in [-0.4, -0.2) is 15.3 Å². The van der Waals surface area contributed by atoms with Gasteiger partial charge in [-0.3, -0.25) is 9.59 Å². The number of carbonyl (C=O) groups excluding carboxylic acids is 2. The van der Waals surface area contributed by atoms with Crippen molar-refractivity contribution in [2.75, 3.05) is 5.08 Å². The van der Waals surface area contributed by atoms with Crippen molar-refractivity contribution in [3.05, 3.63) is 0 Å². The second-order valence-electron chi connectivity index (χ2n) is 3.35. The van der Waals surface area contributed by atoms with Gasteiger partial charge >= 0.3 is 0 Å². The first-order chi connectivity index (χ1) is 5.95. The molecule has 0 amide bonds. The second kappa shape index (κ2) is 6.49. The van der Waals surface area contributed by atoms with Gasteiger partial charge in [0.15, 0.2) is 10.2 Å². The maximum atomic E-state index is 11.1. The molecule has 0 saturated heterocycles. The Labute approximate surface area is 88.2 Å². The number of carbonyl (C=O) groups is 2. The number of rotatable bonds is 4. The minimum atomic E-state index is 0.0553. The maximum absolute atomic E-state index is 11.1. The molecule has 0 spiro atoms. The Balaban J connectivity index is 3.57. The molecule has 0 atom stereocenters. The van der Waals surface area contributed by atoms with Crippen molar-refractivity contribution < 1.29 is 9.59 Å². The van der Waals surface area contributed by atoms with Gasteiger partial charge in [0.25, 0.3) is 0 Å². The number of hydrogen-bond donors (Lipinski definition) is 0. The van der Waals surface area contributed by atoms with E-state index in [-0.39, 0.29) is 22.1 Å². The molecule has 0 aliphatic rings. The summed E-state index contributed by atoms with van der Waals surface area (Å²) in [5.74, 6) is 0.111. The van der Waals surface area contributed by atoms with Gasteiger partial charge in [-0.25, -0.2) is 0 Å². The van der Waals surface area contributed by atoms with Crippen LogP contribution in [0.25, 0.3) is 0 Å². The molecular weight excluding hydrogens is 204 g/mol. The Morgan fingerprint density at radius 3 is 1.46 bits per heavy atom. The van der Waals surface area contributed by atoms with Crippen molar-refractivity contribution >= 4 is 33.8 Å². The lowest BCUT2D eigenvalue weighted by molar-refractivity contribution is -0.114. The Morgan fingerprint density at radius 1 is 0.923 bits per heavy atom. The average molecular weight is 220 g/mol. The fourth-order valence-electron chi connectivity index (χ4n) is 0.479. The van der Waals surface area contributed by atoms with Crippen molar-refractivity contribution in [3.8, 4) is 0 Å². The lowest BCUT2D eigenvalue weighted by Gasteiger charge is -2.04. The van der Waals surface area contributed by atoms with Crippen LogP contribution in [-0.2, 0) is 9.59 Å². The van der Waals surface area contributed by atoms with Crippen LogP contribution >= 0.6 is 23.5 Å². The van der Waals surface area contributed by atoms with Crippen molar-refractivity contribution in [2.45, 2.75) is 27.7 Å². The molecule has 0 unspecified atom stereocenters. The van der Waals surface area contributed by atoms with E-state index in [4.69, 9.17) is 0 Å². The van der Waals surface area contributed by atoms with Crippen LogP contribution in [0, 0.1) is 11.8 Å². The Bertz CT molecular complexity index is 168. The summed E-state index contributed by atoms with van der Waals surface area (Å²) >= 11 is 2.47. The molecule has 0 heterocycles. The summed E-state index contributed by atoms with van der Waals surface area (Å²) in [5.41, 5.74) is 0. The normalized spacial score (nSPS) is 10.9. The van der Waals surface area contributed by atoms with Crippen molar-refractivity contribution in [3.63, 3.8) is 0 Å². The van der Waals surface area contributed by atoms with E-state index < -0.39 is 0 Å². The van der Waals surface area contributed by atoms with Crippen LogP contribution in [0.2, 0.25) is 0 Å². The monoisotopic (exact) mass is 220 g/mol. The Hall–Kier alpha value is 0.0400. The zero-order valence-electron chi connectivity index (χ0n) is 8.49. The lowest BCUT2D eigenvalue weighted by Crippen LogP contribution is -2.05. The van der Waals surface area contributed by atoms with Crippen LogP contribution in [0.1, 0.15) is 27.7 Å².